The molecule has 0 aliphatic heterocycles. The molecule has 1 rings (SSSR count). The first-order chi connectivity index (χ1) is 7.10. The van der Waals surface area contributed by atoms with Crippen LogP contribution in [0.4, 0.5) is 0 Å². The van der Waals surface area contributed by atoms with Crippen LogP contribution in [-0.4, -0.2) is 7.11 Å². The summed E-state index contributed by atoms with van der Waals surface area (Å²) < 4.78 is 5.12. The zero-order valence-electron chi connectivity index (χ0n) is 9.26. The minimum absolute atomic E-state index is 0.306. The van der Waals surface area contributed by atoms with Gasteiger partial charge in [0.05, 0.1) is 7.11 Å². The highest BCUT2D eigenvalue weighted by atomic mass is 79.9. The van der Waals surface area contributed by atoms with E-state index in [-0.39, 0.29) is 0 Å². The van der Waals surface area contributed by atoms with Crippen LogP contribution < -0.4 is 4.74 Å². The van der Waals surface area contributed by atoms with Gasteiger partial charge in [0.15, 0.2) is 0 Å². The molecule has 0 saturated carbocycles. The molecule has 0 spiro atoms. The molecule has 1 aromatic rings. The van der Waals surface area contributed by atoms with Gasteiger partial charge in [-0.05, 0) is 23.6 Å². The van der Waals surface area contributed by atoms with Gasteiger partial charge in [0, 0.05) is 9.85 Å². The van der Waals surface area contributed by atoms with E-state index in [1.54, 1.807) is 7.11 Å². The first-order valence-electron chi connectivity index (χ1n) is 5.07. The van der Waals surface area contributed by atoms with Crippen molar-refractivity contribution in [2.24, 2.45) is 5.92 Å². The maximum absolute atomic E-state index is 6.19. The van der Waals surface area contributed by atoms with Crippen molar-refractivity contribution in [1.29, 1.82) is 0 Å². The van der Waals surface area contributed by atoms with Gasteiger partial charge in [-0.3, -0.25) is 0 Å². The molecule has 1 nitrogen and oxygen atoms in total. The highest BCUT2D eigenvalue weighted by Crippen LogP contribution is 2.38. The average Bonchev–Trinajstić information content (AvgIpc) is 2.26. The van der Waals surface area contributed by atoms with E-state index in [2.05, 4.69) is 29.8 Å². The van der Waals surface area contributed by atoms with E-state index in [4.69, 9.17) is 16.3 Å². The maximum Gasteiger partial charge on any atom is 0.120 e. The summed E-state index contributed by atoms with van der Waals surface area (Å²) in [6.07, 6.45) is 1.12. The summed E-state index contributed by atoms with van der Waals surface area (Å²) in [6.45, 7) is 4.39. The second-order valence-electron chi connectivity index (χ2n) is 3.67. The highest BCUT2D eigenvalue weighted by Gasteiger charge is 2.17. The molecule has 0 heterocycles. The summed E-state index contributed by atoms with van der Waals surface area (Å²) in [5.41, 5.74) is 1.13. The van der Waals surface area contributed by atoms with Crippen molar-refractivity contribution in [3.05, 3.63) is 28.8 Å². The van der Waals surface area contributed by atoms with E-state index in [0.29, 0.717) is 10.7 Å². The van der Waals surface area contributed by atoms with E-state index >= 15 is 0 Å². The zero-order chi connectivity index (χ0) is 11.4. The lowest BCUT2D eigenvalue weighted by Crippen LogP contribution is -2.02. The zero-order valence-corrected chi connectivity index (χ0v) is 11.6. The van der Waals surface area contributed by atoms with Crippen LogP contribution in [0, 0.1) is 5.92 Å². The van der Waals surface area contributed by atoms with Crippen molar-refractivity contribution in [1.82, 2.24) is 0 Å². The van der Waals surface area contributed by atoms with Crippen LogP contribution in [0.15, 0.2) is 18.2 Å². The summed E-state index contributed by atoms with van der Waals surface area (Å²) in [5, 5.41) is 0.761. The second kappa shape index (κ2) is 5.76. The SMILES string of the molecule is CCC(C)C(Br)c1ccc(OC)cc1Cl. The third-order valence-corrected chi connectivity index (χ3v) is 4.37. The first-order valence-corrected chi connectivity index (χ1v) is 6.37. The predicted molar refractivity (Wildman–Crippen MR) is 69.1 cm³/mol. The van der Waals surface area contributed by atoms with Gasteiger partial charge >= 0.3 is 0 Å². The number of benzene rings is 1. The summed E-state index contributed by atoms with van der Waals surface area (Å²) in [5.74, 6) is 1.36. The number of hydrogen-bond donors (Lipinski definition) is 0. The van der Waals surface area contributed by atoms with Crippen molar-refractivity contribution in [3.8, 4) is 5.75 Å². The largest absolute Gasteiger partial charge is 0.497 e. The number of alkyl halides is 1. The Morgan fingerprint density at radius 2 is 2.13 bits per heavy atom. The van der Waals surface area contributed by atoms with Gasteiger partial charge in [-0.15, -0.1) is 0 Å². The minimum atomic E-state index is 0.306. The Morgan fingerprint density at radius 3 is 2.60 bits per heavy atom. The van der Waals surface area contributed by atoms with Gasteiger partial charge in [-0.1, -0.05) is 53.9 Å². The average molecular weight is 292 g/mol. The summed E-state index contributed by atoms with van der Waals surface area (Å²) >= 11 is 9.88. The van der Waals surface area contributed by atoms with Crippen LogP contribution >= 0.6 is 27.5 Å². The van der Waals surface area contributed by atoms with Gasteiger partial charge in [0.2, 0.25) is 0 Å². The molecule has 0 N–H and O–H groups in total. The first kappa shape index (κ1) is 12.9. The normalized spacial score (nSPS) is 14.7. The molecule has 0 radical (unpaired) electrons. The molecule has 0 amide bonds. The van der Waals surface area contributed by atoms with Crippen LogP contribution in [0.1, 0.15) is 30.7 Å². The van der Waals surface area contributed by atoms with E-state index < -0.39 is 0 Å². The topological polar surface area (TPSA) is 9.23 Å². The highest BCUT2D eigenvalue weighted by molar-refractivity contribution is 9.09. The smallest absolute Gasteiger partial charge is 0.120 e. The molecule has 2 atom stereocenters. The fourth-order valence-corrected chi connectivity index (χ4v) is 2.56. The standard InChI is InChI=1S/C12H16BrClO/c1-4-8(2)12(13)10-6-5-9(15-3)7-11(10)14/h5-8,12H,4H2,1-3H3. The lowest BCUT2D eigenvalue weighted by Gasteiger charge is -2.18. The van der Waals surface area contributed by atoms with Crippen LogP contribution in [0.2, 0.25) is 5.02 Å². The van der Waals surface area contributed by atoms with Crippen molar-refractivity contribution >= 4 is 27.5 Å². The Bertz CT molecular complexity index is 327. The number of ether oxygens (including phenoxy) is 1. The molecule has 1 aromatic carbocycles. The Labute approximate surface area is 105 Å². The van der Waals surface area contributed by atoms with Gasteiger partial charge in [-0.2, -0.15) is 0 Å². The number of methoxy groups -OCH3 is 1. The quantitative estimate of drug-likeness (QED) is 0.722. The third kappa shape index (κ3) is 3.12. The number of rotatable bonds is 4. The molecule has 3 heteroatoms. The minimum Gasteiger partial charge on any atom is -0.497 e. The van der Waals surface area contributed by atoms with Crippen molar-refractivity contribution < 1.29 is 4.74 Å². The molecular weight excluding hydrogens is 275 g/mol. The number of halogens is 2. The Morgan fingerprint density at radius 1 is 1.47 bits per heavy atom. The monoisotopic (exact) mass is 290 g/mol. The molecule has 0 fully saturated rings. The summed E-state index contributed by atoms with van der Waals surface area (Å²) in [4.78, 5) is 0.306. The van der Waals surface area contributed by atoms with Gasteiger partial charge in [0.25, 0.3) is 0 Å². The number of hydrogen-bond acceptors (Lipinski definition) is 1. The second-order valence-corrected chi connectivity index (χ2v) is 5.07. The van der Waals surface area contributed by atoms with Gasteiger partial charge in [0.1, 0.15) is 5.75 Å². The van der Waals surface area contributed by atoms with Crippen LogP contribution in [0.25, 0.3) is 0 Å². The molecular formula is C12H16BrClO. The van der Waals surface area contributed by atoms with Crippen LogP contribution in [0.5, 0.6) is 5.75 Å². The molecule has 0 bridgehead atoms. The Kier molecular flexibility index (Phi) is 4.94. The third-order valence-electron chi connectivity index (χ3n) is 2.65. The molecule has 0 aliphatic rings. The van der Waals surface area contributed by atoms with Crippen molar-refractivity contribution in [2.75, 3.05) is 7.11 Å². The van der Waals surface area contributed by atoms with Crippen molar-refractivity contribution in [2.45, 2.75) is 25.1 Å². The van der Waals surface area contributed by atoms with E-state index in [1.165, 1.54) is 0 Å². The lowest BCUT2D eigenvalue weighted by atomic mass is 9.98. The van der Waals surface area contributed by atoms with Gasteiger partial charge < -0.3 is 4.74 Å². The summed E-state index contributed by atoms with van der Waals surface area (Å²) in [7, 11) is 1.64. The molecule has 0 saturated heterocycles. The van der Waals surface area contributed by atoms with Crippen LogP contribution in [0.3, 0.4) is 0 Å². The maximum atomic E-state index is 6.19. The molecule has 84 valence electrons. The predicted octanol–water partition coefficient (Wildman–Crippen LogP) is 4.83. The fraction of sp³-hybridized carbons (Fsp3) is 0.500. The van der Waals surface area contributed by atoms with Gasteiger partial charge in [-0.25, -0.2) is 0 Å². The fourth-order valence-electron chi connectivity index (χ4n) is 1.37. The Balaban J connectivity index is 2.95. The Hall–Kier alpha value is -0.210. The molecule has 0 aromatic heterocycles. The lowest BCUT2D eigenvalue weighted by molar-refractivity contribution is 0.414. The van der Waals surface area contributed by atoms with E-state index in [9.17, 15) is 0 Å². The van der Waals surface area contributed by atoms with Crippen molar-refractivity contribution in [3.63, 3.8) is 0 Å². The van der Waals surface area contributed by atoms with Crippen LogP contribution in [-0.2, 0) is 0 Å². The molecule has 0 aliphatic carbocycles. The van der Waals surface area contributed by atoms with E-state index in [1.807, 2.05) is 18.2 Å². The molecule has 2 unspecified atom stereocenters. The van der Waals surface area contributed by atoms with E-state index in [0.717, 1.165) is 22.8 Å². The molecule has 15 heavy (non-hydrogen) atoms. The summed E-state index contributed by atoms with van der Waals surface area (Å²) in [6, 6.07) is 5.82.